The van der Waals surface area contributed by atoms with E-state index in [0.717, 1.165) is 38.4 Å². The lowest BCUT2D eigenvalue weighted by Gasteiger charge is -2.36. The highest BCUT2D eigenvalue weighted by Gasteiger charge is 2.20. The molecule has 0 aromatic heterocycles. The zero-order valence-electron chi connectivity index (χ0n) is 13.8. The van der Waals surface area contributed by atoms with E-state index < -0.39 is 4.92 Å². The molecule has 1 fully saturated rings. The van der Waals surface area contributed by atoms with E-state index in [1.165, 1.54) is 11.6 Å². The van der Waals surface area contributed by atoms with E-state index in [1.54, 1.807) is 12.1 Å². The zero-order chi connectivity index (χ0) is 17.6. The van der Waals surface area contributed by atoms with Crippen LogP contribution in [0.4, 0.5) is 17.1 Å². The molecular weight excluding hydrogens is 320 g/mol. The Labute approximate surface area is 146 Å². The van der Waals surface area contributed by atoms with Crippen molar-refractivity contribution in [1.29, 1.82) is 0 Å². The van der Waals surface area contributed by atoms with Crippen LogP contribution in [0.3, 0.4) is 0 Å². The van der Waals surface area contributed by atoms with Crippen LogP contribution in [0.1, 0.15) is 5.56 Å². The molecule has 0 radical (unpaired) electrons. The molecule has 2 aromatic rings. The summed E-state index contributed by atoms with van der Waals surface area (Å²) in [6, 6.07) is 15.2. The van der Waals surface area contributed by atoms with Gasteiger partial charge >= 0.3 is 0 Å². The predicted octanol–water partition coefficient (Wildman–Crippen LogP) is 2.49. The van der Waals surface area contributed by atoms with Gasteiger partial charge < -0.3 is 10.2 Å². The van der Waals surface area contributed by atoms with Crippen molar-refractivity contribution in [3.05, 3.63) is 64.2 Å². The molecule has 7 heteroatoms. The maximum atomic E-state index is 11.0. The fourth-order valence-electron chi connectivity index (χ4n) is 3.06. The molecular formula is C18H20N4O3. The molecule has 7 nitrogen and oxygen atoms in total. The minimum atomic E-state index is -0.493. The highest BCUT2D eigenvalue weighted by molar-refractivity contribution is 5.80. The normalized spacial score (nSPS) is 15.0. The van der Waals surface area contributed by atoms with Gasteiger partial charge in [0.05, 0.1) is 4.92 Å². The molecule has 1 N–H and O–H groups in total. The topological polar surface area (TPSA) is 78.7 Å². The van der Waals surface area contributed by atoms with Gasteiger partial charge in [0.1, 0.15) is 5.69 Å². The van der Waals surface area contributed by atoms with E-state index in [9.17, 15) is 14.9 Å². The zero-order valence-corrected chi connectivity index (χ0v) is 13.8. The molecule has 1 aliphatic heterocycles. The third-order valence-electron chi connectivity index (χ3n) is 4.38. The molecule has 2 aromatic carbocycles. The Morgan fingerprint density at radius 1 is 1.08 bits per heavy atom. The van der Waals surface area contributed by atoms with Crippen molar-refractivity contribution in [2.75, 3.05) is 36.4 Å². The van der Waals surface area contributed by atoms with Crippen LogP contribution in [0.5, 0.6) is 0 Å². The first-order chi connectivity index (χ1) is 12.2. The number of amides is 1. The van der Waals surface area contributed by atoms with Gasteiger partial charge in [-0.3, -0.25) is 19.8 Å². The number of anilines is 2. The number of rotatable bonds is 6. The number of piperazine rings is 1. The van der Waals surface area contributed by atoms with Gasteiger partial charge in [0.15, 0.2) is 0 Å². The SMILES string of the molecule is O=CNc1cc(N2CCN(Cc3ccccc3)CC2)ccc1[N+](=O)[O-]. The minimum Gasteiger partial charge on any atom is -0.369 e. The van der Waals surface area contributed by atoms with Crippen LogP contribution in [0.25, 0.3) is 0 Å². The fourth-order valence-corrected chi connectivity index (χ4v) is 3.06. The standard InChI is InChI=1S/C18H20N4O3/c23-14-19-17-12-16(6-7-18(17)22(24)25)21-10-8-20(9-11-21)13-15-4-2-1-3-5-15/h1-7,12,14H,8-11,13H2,(H,19,23). The van der Waals surface area contributed by atoms with Crippen molar-refractivity contribution >= 4 is 23.5 Å². The Balaban J connectivity index is 1.65. The van der Waals surface area contributed by atoms with Crippen LogP contribution >= 0.6 is 0 Å². The van der Waals surface area contributed by atoms with Crippen LogP contribution in [-0.2, 0) is 11.3 Å². The molecule has 0 unspecified atom stereocenters. The van der Waals surface area contributed by atoms with E-state index >= 15 is 0 Å². The van der Waals surface area contributed by atoms with Crippen molar-refractivity contribution in [3.8, 4) is 0 Å². The summed E-state index contributed by atoms with van der Waals surface area (Å²) in [5.41, 5.74) is 2.31. The Bertz CT molecular complexity index is 743. The Morgan fingerprint density at radius 2 is 1.80 bits per heavy atom. The van der Waals surface area contributed by atoms with E-state index in [-0.39, 0.29) is 11.4 Å². The lowest BCUT2D eigenvalue weighted by Crippen LogP contribution is -2.45. The van der Waals surface area contributed by atoms with Gasteiger partial charge in [-0.05, 0) is 17.7 Å². The van der Waals surface area contributed by atoms with Gasteiger partial charge in [-0.15, -0.1) is 0 Å². The maximum absolute atomic E-state index is 11.0. The van der Waals surface area contributed by atoms with Crippen molar-refractivity contribution in [1.82, 2.24) is 4.90 Å². The van der Waals surface area contributed by atoms with Gasteiger partial charge in [0.25, 0.3) is 5.69 Å². The number of carbonyl (C=O) groups excluding carboxylic acids is 1. The smallest absolute Gasteiger partial charge is 0.292 e. The highest BCUT2D eigenvalue weighted by Crippen LogP contribution is 2.29. The molecule has 0 saturated carbocycles. The van der Waals surface area contributed by atoms with Crippen molar-refractivity contribution in [2.45, 2.75) is 6.54 Å². The van der Waals surface area contributed by atoms with Gasteiger partial charge in [-0.1, -0.05) is 30.3 Å². The van der Waals surface area contributed by atoms with Crippen LogP contribution in [0.15, 0.2) is 48.5 Å². The third kappa shape index (κ3) is 4.13. The second-order valence-corrected chi connectivity index (χ2v) is 5.97. The summed E-state index contributed by atoms with van der Waals surface area (Å²) in [7, 11) is 0. The predicted molar refractivity (Wildman–Crippen MR) is 96.7 cm³/mol. The largest absolute Gasteiger partial charge is 0.369 e. The summed E-state index contributed by atoms with van der Waals surface area (Å²) in [5, 5.41) is 13.4. The summed E-state index contributed by atoms with van der Waals surface area (Å²) in [4.78, 5) is 25.8. The first-order valence-corrected chi connectivity index (χ1v) is 8.17. The number of nitrogens with one attached hydrogen (secondary N) is 1. The second-order valence-electron chi connectivity index (χ2n) is 5.97. The second kappa shape index (κ2) is 7.76. The molecule has 1 aliphatic rings. The Kier molecular flexibility index (Phi) is 5.25. The Hall–Kier alpha value is -2.93. The average molecular weight is 340 g/mol. The molecule has 130 valence electrons. The number of benzene rings is 2. The van der Waals surface area contributed by atoms with Crippen molar-refractivity contribution in [3.63, 3.8) is 0 Å². The fraction of sp³-hybridized carbons (Fsp3) is 0.278. The van der Waals surface area contributed by atoms with E-state index in [0.29, 0.717) is 6.41 Å². The van der Waals surface area contributed by atoms with E-state index in [1.807, 2.05) is 18.2 Å². The number of nitro groups is 1. The number of hydrogen-bond donors (Lipinski definition) is 1. The van der Waals surface area contributed by atoms with Gasteiger partial charge in [-0.25, -0.2) is 0 Å². The molecule has 0 spiro atoms. The summed E-state index contributed by atoms with van der Waals surface area (Å²) >= 11 is 0. The van der Waals surface area contributed by atoms with E-state index in [2.05, 4.69) is 27.2 Å². The minimum absolute atomic E-state index is 0.0986. The number of nitrogens with zero attached hydrogens (tertiary/aromatic N) is 3. The van der Waals surface area contributed by atoms with Gasteiger partial charge in [0.2, 0.25) is 6.41 Å². The van der Waals surface area contributed by atoms with Gasteiger partial charge in [-0.2, -0.15) is 0 Å². The summed E-state index contributed by atoms with van der Waals surface area (Å²) in [5.74, 6) is 0. The average Bonchev–Trinajstić information content (AvgIpc) is 2.63. The van der Waals surface area contributed by atoms with Crippen LogP contribution < -0.4 is 10.2 Å². The first-order valence-electron chi connectivity index (χ1n) is 8.17. The Morgan fingerprint density at radius 3 is 2.44 bits per heavy atom. The van der Waals surface area contributed by atoms with Gasteiger partial charge in [0, 0.05) is 44.5 Å². The summed E-state index contributed by atoms with van der Waals surface area (Å²) in [6.07, 6.45) is 0.462. The molecule has 0 aliphatic carbocycles. The molecule has 25 heavy (non-hydrogen) atoms. The van der Waals surface area contributed by atoms with Crippen LogP contribution in [0.2, 0.25) is 0 Å². The lowest BCUT2D eigenvalue weighted by atomic mass is 10.1. The molecule has 1 heterocycles. The highest BCUT2D eigenvalue weighted by atomic mass is 16.6. The van der Waals surface area contributed by atoms with Crippen molar-refractivity contribution < 1.29 is 9.72 Å². The van der Waals surface area contributed by atoms with E-state index in [4.69, 9.17) is 0 Å². The summed E-state index contributed by atoms with van der Waals surface area (Å²) in [6.45, 7) is 4.44. The molecule has 0 atom stereocenters. The van der Waals surface area contributed by atoms with Crippen LogP contribution in [-0.4, -0.2) is 42.4 Å². The number of carbonyl (C=O) groups is 1. The summed E-state index contributed by atoms with van der Waals surface area (Å²) < 4.78 is 0. The molecule has 0 bridgehead atoms. The van der Waals surface area contributed by atoms with Crippen molar-refractivity contribution in [2.24, 2.45) is 0 Å². The number of hydrogen-bond acceptors (Lipinski definition) is 5. The monoisotopic (exact) mass is 340 g/mol. The maximum Gasteiger partial charge on any atom is 0.292 e. The van der Waals surface area contributed by atoms with Crippen LogP contribution in [0, 0.1) is 10.1 Å². The molecule has 3 rings (SSSR count). The third-order valence-corrected chi connectivity index (χ3v) is 4.38. The molecule has 1 saturated heterocycles. The quantitative estimate of drug-likeness (QED) is 0.496. The number of nitro benzene ring substituents is 1. The molecule has 1 amide bonds. The first kappa shape index (κ1) is 16.9. The lowest BCUT2D eigenvalue weighted by molar-refractivity contribution is -0.383.